The molecule has 0 heterocycles. The predicted molar refractivity (Wildman–Crippen MR) is 68.6 cm³/mol. The van der Waals surface area contributed by atoms with Crippen molar-refractivity contribution in [3.05, 3.63) is 23.8 Å². The molecule has 0 amide bonds. The molecule has 2 N–H and O–H groups in total. The van der Waals surface area contributed by atoms with Crippen LogP contribution in [0.15, 0.2) is 18.2 Å². The van der Waals surface area contributed by atoms with Crippen LogP contribution in [0.3, 0.4) is 0 Å². The standard InChI is InChI=1S/C14H21NO2/c1-16-14-9-11(3-2-8-15)6-7-13(14)17-10-12-4-5-12/h6-7,9,12H,2-5,8,10,15H2,1H3. The van der Waals surface area contributed by atoms with Crippen LogP contribution in [-0.4, -0.2) is 20.3 Å². The number of rotatable bonds is 7. The summed E-state index contributed by atoms with van der Waals surface area (Å²) in [5.41, 5.74) is 6.76. The van der Waals surface area contributed by atoms with Gasteiger partial charge in [-0.1, -0.05) is 6.07 Å². The first-order chi connectivity index (χ1) is 8.33. The zero-order valence-electron chi connectivity index (χ0n) is 10.4. The van der Waals surface area contributed by atoms with Crippen LogP contribution in [0.2, 0.25) is 0 Å². The van der Waals surface area contributed by atoms with Crippen molar-refractivity contribution >= 4 is 0 Å². The van der Waals surface area contributed by atoms with Crippen LogP contribution in [0.25, 0.3) is 0 Å². The maximum atomic E-state index is 5.76. The Morgan fingerprint density at radius 2 is 2.12 bits per heavy atom. The van der Waals surface area contributed by atoms with E-state index >= 15 is 0 Å². The monoisotopic (exact) mass is 235 g/mol. The minimum absolute atomic E-state index is 0.724. The van der Waals surface area contributed by atoms with Gasteiger partial charge in [0, 0.05) is 0 Å². The Balaban J connectivity index is 1.98. The number of methoxy groups -OCH3 is 1. The topological polar surface area (TPSA) is 44.5 Å². The van der Waals surface area contributed by atoms with Gasteiger partial charge in [0.2, 0.25) is 0 Å². The average molecular weight is 235 g/mol. The molecule has 0 spiro atoms. The lowest BCUT2D eigenvalue weighted by Gasteiger charge is -2.11. The van der Waals surface area contributed by atoms with Crippen LogP contribution in [0.5, 0.6) is 11.5 Å². The second-order valence-corrected chi connectivity index (χ2v) is 4.63. The van der Waals surface area contributed by atoms with Gasteiger partial charge in [0.05, 0.1) is 13.7 Å². The highest BCUT2D eigenvalue weighted by atomic mass is 16.5. The number of hydrogen-bond acceptors (Lipinski definition) is 3. The molecule has 1 aliphatic rings. The Labute approximate surface area is 103 Å². The van der Waals surface area contributed by atoms with Crippen molar-refractivity contribution in [1.29, 1.82) is 0 Å². The first-order valence-corrected chi connectivity index (χ1v) is 6.33. The number of nitrogens with two attached hydrogens (primary N) is 1. The van der Waals surface area contributed by atoms with Crippen molar-refractivity contribution < 1.29 is 9.47 Å². The van der Waals surface area contributed by atoms with Crippen molar-refractivity contribution in [1.82, 2.24) is 0 Å². The Morgan fingerprint density at radius 3 is 2.76 bits per heavy atom. The highest BCUT2D eigenvalue weighted by Crippen LogP contribution is 2.33. The third-order valence-corrected chi connectivity index (χ3v) is 3.07. The third-order valence-electron chi connectivity index (χ3n) is 3.07. The molecule has 0 atom stereocenters. The summed E-state index contributed by atoms with van der Waals surface area (Å²) in [4.78, 5) is 0. The fraction of sp³-hybridized carbons (Fsp3) is 0.571. The quantitative estimate of drug-likeness (QED) is 0.789. The van der Waals surface area contributed by atoms with E-state index in [1.807, 2.05) is 6.07 Å². The Morgan fingerprint density at radius 1 is 1.29 bits per heavy atom. The smallest absolute Gasteiger partial charge is 0.161 e. The molecule has 0 aromatic heterocycles. The molecule has 0 radical (unpaired) electrons. The summed E-state index contributed by atoms with van der Waals surface area (Å²) >= 11 is 0. The van der Waals surface area contributed by atoms with E-state index < -0.39 is 0 Å². The van der Waals surface area contributed by atoms with Gasteiger partial charge in [-0.25, -0.2) is 0 Å². The van der Waals surface area contributed by atoms with Gasteiger partial charge in [-0.2, -0.15) is 0 Å². The molecular weight excluding hydrogens is 214 g/mol. The Bertz CT molecular complexity index is 361. The Kier molecular flexibility index (Phi) is 4.26. The van der Waals surface area contributed by atoms with Crippen LogP contribution >= 0.6 is 0 Å². The van der Waals surface area contributed by atoms with Gasteiger partial charge in [0.1, 0.15) is 0 Å². The minimum atomic E-state index is 0.724. The molecule has 1 aromatic rings. The Hall–Kier alpha value is -1.22. The van der Waals surface area contributed by atoms with Crippen LogP contribution in [0.4, 0.5) is 0 Å². The molecule has 0 unspecified atom stereocenters. The normalized spacial score (nSPS) is 14.7. The SMILES string of the molecule is COc1cc(CCCN)ccc1OCC1CC1. The largest absolute Gasteiger partial charge is 0.493 e. The number of benzene rings is 1. The lowest BCUT2D eigenvalue weighted by atomic mass is 10.1. The van der Waals surface area contributed by atoms with E-state index in [2.05, 4.69) is 12.1 Å². The number of hydrogen-bond donors (Lipinski definition) is 1. The molecule has 3 nitrogen and oxygen atoms in total. The number of ether oxygens (including phenoxy) is 2. The van der Waals surface area contributed by atoms with E-state index in [4.69, 9.17) is 15.2 Å². The maximum Gasteiger partial charge on any atom is 0.161 e. The van der Waals surface area contributed by atoms with Gasteiger partial charge in [-0.3, -0.25) is 0 Å². The molecule has 17 heavy (non-hydrogen) atoms. The molecule has 3 heteroatoms. The van der Waals surface area contributed by atoms with Crippen molar-refractivity contribution in [2.45, 2.75) is 25.7 Å². The summed E-state index contributed by atoms with van der Waals surface area (Å²) in [7, 11) is 1.69. The van der Waals surface area contributed by atoms with Crippen molar-refractivity contribution in [2.24, 2.45) is 11.7 Å². The molecular formula is C14H21NO2. The van der Waals surface area contributed by atoms with Gasteiger partial charge in [0.15, 0.2) is 11.5 Å². The minimum Gasteiger partial charge on any atom is -0.493 e. The van der Waals surface area contributed by atoms with Crippen LogP contribution in [0, 0.1) is 5.92 Å². The van der Waals surface area contributed by atoms with E-state index in [0.29, 0.717) is 0 Å². The van der Waals surface area contributed by atoms with E-state index in [-0.39, 0.29) is 0 Å². The highest BCUT2D eigenvalue weighted by molar-refractivity contribution is 5.43. The summed E-state index contributed by atoms with van der Waals surface area (Å²) in [6, 6.07) is 6.16. The molecule has 94 valence electrons. The van der Waals surface area contributed by atoms with Gasteiger partial charge in [-0.05, 0) is 55.8 Å². The molecule has 1 aliphatic carbocycles. The van der Waals surface area contributed by atoms with Gasteiger partial charge in [-0.15, -0.1) is 0 Å². The fourth-order valence-electron chi connectivity index (χ4n) is 1.79. The van der Waals surface area contributed by atoms with Crippen LogP contribution < -0.4 is 15.2 Å². The van der Waals surface area contributed by atoms with Gasteiger partial charge >= 0.3 is 0 Å². The molecule has 1 saturated carbocycles. The second kappa shape index (κ2) is 5.92. The summed E-state index contributed by atoms with van der Waals surface area (Å²) < 4.78 is 11.1. The summed E-state index contributed by atoms with van der Waals surface area (Å²) in [5.74, 6) is 2.45. The fourth-order valence-corrected chi connectivity index (χ4v) is 1.79. The van der Waals surface area contributed by atoms with Crippen molar-refractivity contribution in [2.75, 3.05) is 20.3 Å². The first-order valence-electron chi connectivity index (χ1n) is 6.33. The molecule has 0 bridgehead atoms. The van der Waals surface area contributed by atoms with E-state index in [1.54, 1.807) is 7.11 Å². The summed E-state index contributed by atoms with van der Waals surface area (Å²) in [5, 5.41) is 0. The first kappa shape index (κ1) is 12.2. The van der Waals surface area contributed by atoms with E-state index in [9.17, 15) is 0 Å². The van der Waals surface area contributed by atoms with Crippen LogP contribution in [-0.2, 0) is 6.42 Å². The predicted octanol–water partition coefficient (Wildman–Crippen LogP) is 2.38. The average Bonchev–Trinajstić information content (AvgIpc) is 3.18. The zero-order valence-corrected chi connectivity index (χ0v) is 10.4. The van der Waals surface area contributed by atoms with Gasteiger partial charge < -0.3 is 15.2 Å². The summed E-state index contributed by atoms with van der Waals surface area (Å²) in [6.07, 6.45) is 4.61. The van der Waals surface area contributed by atoms with Crippen molar-refractivity contribution in [3.63, 3.8) is 0 Å². The highest BCUT2D eigenvalue weighted by Gasteiger charge is 2.22. The van der Waals surface area contributed by atoms with Crippen LogP contribution in [0.1, 0.15) is 24.8 Å². The zero-order chi connectivity index (χ0) is 12.1. The lowest BCUT2D eigenvalue weighted by Crippen LogP contribution is -2.02. The molecule has 1 aromatic carbocycles. The molecule has 2 rings (SSSR count). The second-order valence-electron chi connectivity index (χ2n) is 4.63. The van der Waals surface area contributed by atoms with Gasteiger partial charge in [0.25, 0.3) is 0 Å². The molecule has 0 saturated heterocycles. The van der Waals surface area contributed by atoms with E-state index in [1.165, 1.54) is 18.4 Å². The molecule has 1 fully saturated rings. The maximum absolute atomic E-state index is 5.76. The van der Waals surface area contributed by atoms with Crippen molar-refractivity contribution in [3.8, 4) is 11.5 Å². The summed E-state index contributed by atoms with van der Waals surface area (Å²) in [6.45, 7) is 1.54. The van der Waals surface area contributed by atoms with E-state index in [0.717, 1.165) is 43.4 Å². The number of aryl methyl sites for hydroxylation is 1. The molecule has 0 aliphatic heterocycles. The third kappa shape index (κ3) is 3.63. The lowest BCUT2D eigenvalue weighted by molar-refractivity contribution is 0.280.